The number of nitrogens with one attached hydrogen (secondary N) is 1. The topological polar surface area (TPSA) is 25.0 Å². The molecule has 0 aliphatic carbocycles. The van der Waals surface area contributed by atoms with Crippen molar-refractivity contribution in [2.75, 3.05) is 13.3 Å². The third-order valence-electron chi connectivity index (χ3n) is 0.915. The molecule has 0 aliphatic rings. The van der Waals surface area contributed by atoms with Crippen molar-refractivity contribution in [1.82, 2.24) is 4.98 Å². The van der Waals surface area contributed by atoms with Gasteiger partial charge in [-0.25, -0.2) is 4.39 Å². The molecule has 0 aliphatic heterocycles. The lowest BCUT2D eigenvalue weighted by molar-refractivity contribution is 0.273. The predicted octanol–water partition coefficient (Wildman–Crippen LogP) is 1.36. The van der Waals surface area contributed by atoms with Gasteiger partial charge in [-0.2, -0.15) is 0 Å². The van der Waals surface area contributed by atoms with Gasteiger partial charge in [0, 0.05) is 12.4 Å². The van der Waals surface area contributed by atoms with Gasteiger partial charge in [0.15, 0.2) is 0 Å². The molecule has 2 nitrogen and oxygen atoms in total. The van der Waals surface area contributed by atoms with E-state index in [-0.39, 0.29) is 6.61 Å². The Morgan fingerprint density at radius 1 is 1.67 bits per heavy atom. The maximum absolute atomic E-state index is 11.4. The number of halogens is 1. The molecule has 1 aromatic rings. The number of hydrogen-bond donors (Lipinski definition) is 1. The molecule has 0 aromatic carbocycles. The van der Waals surface area contributed by atoms with Crippen LogP contribution >= 0.6 is 0 Å². The van der Waals surface area contributed by atoms with Gasteiger partial charge in [-0.05, 0) is 6.07 Å². The molecule has 0 amide bonds. The second-order valence-corrected chi connectivity index (χ2v) is 1.58. The van der Waals surface area contributed by atoms with Crippen LogP contribution in [-0.4, -0.2) is 18.3 Å². The lowest BCUT2D eigenvalue weighted by Gasteiger charge is -1.96. The van der Waals surface area contributed by atoms with Crippen molar-refractivity contribution in [1.29, 1.82) is 0 Å². The first kappa shape index (κ1) is 6.13. The predicted molar refractivity (Wildman–Crippen MR) is 32.3 cm³/mol. The average molecular weight is 129 g/mol. The van der Waals surface area contributed by atoms with Crippen molar-refractivity contribution in [3.63, 3.8) is 0 Å². The van der Waals surface area contributed by atoms with Crippen molar-refractivity contribution < 1.29 is 9.13 Å². The molecule has 0 bridgehead atoms. The molecule has 0 atom stereocenters. The maximum atomic E-state index is 11.4. The third-order valence-corrected chi connectivity index (χ3v) is 0.915. The summed E-state index contributed by atoms with van der Waals surface area (Å²) in [5.41, 5.74) is 0. The minimum atomic E-state index is -0.439. The fraction of sp³-hybridized carbons (Fsp3) is 0.333. The molecule has 0 spiro atoms. The Labute approximate surface area is 52.6 Å². The Kier molecular flexibility index (Phi) is 2.13. The molecule has 50 valence electrons. The Balaban J connectivity index is 2.30. The number of aromatic amines is 1. The van der Waals surface area contributed by atoms with E-state index in [4.69, 9.17) is 4.74 Å². The minimum absolute atomic E-state index is 0.137. The molecule has 3 heteroatoms. The Bertz CT molecular complexity index is 150. The summed E-state index contributed by atoms with van der Waals surface area (Å²) in [5, 5.41) is 0. The number of aromatic nitrogens is 1. The lowest BCUT2D eigenvalue weighted by atomic mass is 10.6. The quantitative estimate of drug-likeness (QED) is 0.655. The minimum Gasteiger partial charge on any atom is -0.489 e. The summed E-state index contributed by atoms with van der Waals surface area (Å²) in [4.78, 5) is 2.79. The van der Waals surface area contributed by atoms with Gasteiger partial charge in [-0.1, -0.05) is 0 Å². The summed E-state index contributed by atoms with van der Waals surface area (Å²) in [7, 11) is 0. The summed E-state index contributed by atoms with van der Waals surface area (Å²) < 4.78 is 16.3. The second-order valence-electron chi connectivity index (χ2n) is 1.58. The normalized spacial score (nSPS) is 9.44. The van der Waals surface area contributed by atoms with Gasteiger partial charge >= 0.3 is 0 Å². The monoisotopic (exact) mass is 129 g/mol. The van der Waals surface area contributed by atoms with Gasteiger partial charge in [0.1, 0.15) is 19.0 Å². The molecule has 0 unspecified atom stereocenters. The summed E-state index contributed by atoms with van der Waals surface area (Å²) in [6.45, 7) is -0.303. The van der Waals surface area contributed by atoms with Gasteiger partial charge in [0.05, 0.1) is 0 Å². The van der Waals surface area contributed by atoms with E-state index in [0.29, 0.717) is 5.75 Å². The summed E-state index contributed by atoms with van der Waals surface area (Å²) >= 11 is 0. The lowest BCUT2D eigenvalue weighted by Crippen LogP contribution is -1.96. The SMILES string of the molecule is FCCOc1cc[nH]c1. The van der Waals surface area contributed by atoms with E-state index in [2.05, 4.69) is 4.98 Å². The third kappa shape index (κ3) is 1.76. The average Bonchev–Trinajstić information content (AvgIpc) is 2.34. The number of alkyl halides is 1. The Hall–Kier alpha value is -0.990. The molecule has 1 aromatic heterocycles. The highest BCUT2D eigenvalue weighted by Gasteiger charge is 1.89. The van der Waals surface area contributed by atoms with Crippen LogP contribution in [0.2, 0.25) is 0 Å². The zero-order valence-corrected chi connectivity index (χ0v) is 4.93. The highest BCUT2D eigenvalue weighted by molar-refractivity contribution is 5.15. The van der Waals surface area contributed by atoms with Gasteiger partial charge < -0.3 is 9.72 Å². The molecule has 0 radical (unpaired) electrons. The van der Waals surface area contributed by atoms with Crippen LogP contribution in [0, 0.1) is 0 Å². The van der Waals surface area contributed by atoms with Crippen LogP contribution in [0.1, 0.15) is 0 Å². The molecule has 1 heterocycles. The van der Waals surface area contributed by atoms with Crippen molar-refractivity contribution in [3.05, 3.63) is 18.5 Å². The highest BCUT2D eigenvalue weighted by Crippen LogP contribution is 2.05. The molecule has 0 saturated heterocycles. The largest absolute Gasteiger partial charge is 0.489 e. The second kappa shape index (κ2) is 3.12. The fourth-order valence-corrected chi connectivity index (χ4v) is 0.555. The van der Waals surface area contributed by atoms with E-state index < -0.39 is 6.67 Å². The number of rotatable bonds is 3. The van der Waals surface area contributed by atoms with E-state index >= 15 is 0 Å². The molecule has 1 rings (SSSR count). The van der Waals surface area contributed by atoms with Crippen LogP contribution in [0.3, 0.4) is 0 Å². The summed E-state index contributed by atoms with van der Waals surface area (Å²) in [5.74, 6) is 0.688. The van der Waals surface area contributed by atoms with Crippen LogP contribution in [0.25, 0.3) is 0 Å². The number of ether oxygens (including phenoxy) is 1. The van der Waals surface area contributed by atoms with E-state index in [1.165, 1.54) is 0 Å². The maximum Gasteiger partial charge on any atom is 0.136 e. The molecule has 0 saturated carbocycles. The van der Waals surface area contributed by atoms with E-state index in [0.717, 1.165) is 0 Å². The molecular formula is C6H8FNO. The van der Waals surface area contributed by atoms with E-state index in [1.807, 2.05) is 0 Å². The number of H-pyrrole nitrogens is 1. The van der Waals surface area contributed by atoms with Gasteiger partial charge in [0.25, 0.3) is 0 Å². The van der Waals surface area contributed by atoms with Crippen LogP contribution < -0.4 is 4.74 Å². The Morgan fingerprint density at radius 2 is 2.56 bits per heavy atom. The molecule has 1 N–H and O–H groups in total. The van der Waals surface area contributed by atoms with Crippen LogP contribution in [0.15, 0.2) is 18.5 Å². The van der Waals surface area contributed by atoms with Crippen molar-refractivity contribution in [3.8, 4) is 5.75 Å². The van der Waals surface area contributed by atoms with Crippen molar-refractivity contribution >= 4 is 0 Å². The number of hydrogen-bond acceptors (Lipinski definition) is 1. The zero-order valence-electron chi connectivity index (χ0n) is 4.93. The first-order chi connectivity index (χ1) is 4.43. The van der Waals surface area contributed by atoms with Gasteiger partial charge in [0.2, 0.25) is 0 Å². The van der Waals surface area contributed by atoms with E-state index in [9.17, 15) is 4.39 Å². The summed E-state index contributed by atoms with van der Waals surface area (Å²) in [6.07, 6.45) is 3.41. The van der Waals surface area contributed by atoms with Crippen LogP contribution in [0.5, 0.6) is 5.75 Å². The van der Waals surface area contributed by atoms with E-state index in [1.54, 1.807) is 18.5 Å². The first-order valence-electron chi connectivity index (χ1n) is 2.75. The van der Waals surface area contributed by atoms with Crippen LogP contribution in [-0.2, 0) is 0 Å². The van der Waals surface area contributed by atoms with Crippen molar-refractivity contribution in [2.24, 2.45) is 0 Å². The first-order valence-corrected chi connectivity index (χ1v) is 2.75. The standard InChI is InChI=1S/C6H8FNO/c7-2-4-9-6-1-3-8-5-6/h1,3,5,8H,2,4H2. The van der Waals surface area contributed by atoms with Gasteiger partial charge in [-0.3, -0.25) is 0 Å². The smallest absolute Gasteiger partial charge is 0.136 e. The van der Waals surface area contributed by atoms with Gasteiger partial charge in [-0.15, -0.1) is 0 Å². The highest BCUT2D eigenvalue weighted by atomic mass is 19.1. The molecule has 9 heavy (non-hydrogen) atoms. The fourth-order valence-electron chi connectivity index (χ4n) is 0.555. The summed E-state index contributed by atoms with van der Waals surface area (Å²) in [6, 6.07) is 1.75. The zero-order chi connectivity index (χ0) is 6.53. The molecular weight excluding hydrogens is 121 g/mol. The van der Waals surface area contributed by atoms with Crippen LogP contribution in [0.4, 0.5) is 4.39 Å². The molecule has 0 fully saturated rings. The Morgan fingerprint density at radius 3 is 3.11 bits per heavy atom. The van der Waals surface area contributed by atoms with Crippen molar-refractivity contribution in [2.45, 2.75) is 0 Å².